The predicted octanol–water partition coefficient (Wildman–Crippen LogP) is 20.3. The number of para-hydroxylation sites is 4. The lowest BCUT2D eigenvalue weighted by molar-refractivity contribution is -0.683. The van der Waals surface area contributed by atoms with Gasteiger partial charge in [-0.1, -0.05) is 303 Å². The molecule has 1 aliphatic heterocycles. The Morgan fingerprint density at radius 3 is 1.49 bits per heavy atom. The fraction of sp³-hybridized carbons (Fsp3) is 0.287. The van der Waals surface area contributed by atoms with E-state index < -0.39 is 5.54 Å². The minimum absolute atomic E-state index is 0.0764. The number of fused-ring (bicyclic) bond motifs is 3. The zero-order valence-electron chi connectivity index (χ0n) is 79.1. The number of hydrogen-bond donors (Lipinski definition) is 1. The molecule has 20 rings (SSSR count). The normalized spacial score (nSPS) is 12.7. The Kier molecular flexibility index (Phi) is 28.4. The van der Waals surface area contributed by atoms with Gasteiger partial charge in [-0.15, -0.1) is 55.7 Å². The van der Waals surface area contributed by atoms with Crippen molar-refractivity contribution in [2.45, 2.75) is 201 Å². The molecule has 10 aromatic heterocycles. The highest BCUT2D eigenvalue weighted by Crippen LogP contribution is 2.38. The SMILES string of the molecule is CC(C)(Cc1ccccc1)c1nnc(Cc2cnc3[n+](c2)N=CC3)o1.CC(C)(Cc1ccccc1)c1nnc(Cn2ncc3ccccc32)o1.CCc1nc2ccccc2n1CCc1nnc(C(C)(C)Cc2ccccc2)o1.Cc1c(-c2nnc([C@](C)(N)Cc3ccccc3)o2)c(-c2ccccc2)nn1-c1ccccc1.Cc1cc(C)n(C(C)c2nnc(C(C)(C)Cc3ccccc3)o2)n1. The summed E-state index contributed by atoms with van der Waals surface area (Å²) < 4.78 is 39.9. The molecule has 0 aliphatic carbocycles. The van der Waals surface area contributed by atoms with Gasteiger partial charge in [0.25, 0.3) is 5.89 Å². The molecule has 0 saturated carbocycles. The molecule has 0 radical (unpaired) electrons. The quantitative estimate of drug-likeness (QED) is 0.0445. The van der Waals surface area contributed by atoms with Crippen LogP contribution in [0.25, 0.3) is 50.3 Å². The van der Waals surface area contributed by atoms with E-state index in [-0.39, 0.29) is 27.7 Å². The van der Waals surface area contributed by atoms with E-state index in [2.05, 4.69) is 229 Å². The van der Waals surface area contributed by atoms with Crippen LogP contribution in [0.3, 0.4) is 0 Å². The lowest BCUT2D eigenvalue weighted by Gasteiger charge is -2.20. The molecule has 0 bridgehead atoms. The summed E-state index contributed by atoms with van der Waals surface area (Å²) in [6.45, 7) is 30.4. The molecule has 1 aliphatic rings. The first-order chi connectivity index (χ1) is 65.2. The standard InChI is InChI=1S/C27H25N5O.C23H26N4O.C20H20N4O.C19H20N5O.C19H24N4O/c1-19-23(25-29-30-26(33-25)27(2,28)18-20-12-6-3-7-13-20)24(21-14-8-4-9-15-21)31-32(19)22-16-10-5-11-17-22;1-4-20-24-18-12-8-9-13-19(18)27(20)15-14-21-25-26-22(28-21)23(2,3)16-17-10-6-5-7-11-17;1-20(2,12-15-8-4-3-5-9-15)19-23-22-18(25-19)14-24-17-11-7-6-10-16(17)13-21-24;1-19(2,11-14-6-4-3-5-7-14)18-23-22-17(25-18)10-15-12-20-16-8-9-21-24(16)13-15;1-13-11-14(2)23(22-13)15(3)17-20-21-18(24-17)19(4,5)12-16-9-7-6-8-10-16/h3-17H,18,28H2,1-2H3;5-13H,4,14-16H2,1-3H3;3-11,13H,12,14H2,1-2H3;3-7,9,12-13H,8,10-11H2,1-2H3;6-11,15H,12H2,1-5H3/q;;;+1;/t27-;;;;/m1..../s1. The van der Waals surface area contributed by atoms with Crippen LogP contribution >= 0.6 is 0 Å². The van der Waals surface area contributed by atoms with Crippen LogP contribution in [0.4, 0.5) is 0 Å². The van der Waals surface area contributed by atoms with Gasteiger partial charge in [-0.25, -0.2) is 9.67 Å². The van der Waals surface area contributed by atoms with E-state index in [1.165, 1.54) is 22.3 Å². The van der Waals surface area contributed by atoms with Gasteiger partial charge < -0.3 is 32.4 Å². The highest BCUT2D eigenvalue weighted by Gasteiger charge is 2.35. The number of aromatic nitrogens is 20. The van der Waals surface area contributed by atoms with Gasteiger partial charge in [-0.2, -0.15) is 15.3 Å². The second kappa shape index (κ2) is 41.3. The van der Waals surface area contributed by atoms with Gasteiger partial charge in [0, 0.05) is 63.3 Å². The van der Waals surface area contributed by atoms with E-state index in [0.717, 1.165) is 129 Å². The second-order valence-corrected chi connectivity index (χ2v) is 37.1. The van der Waals surface area contributed by atoms with Crippen LogP contribution < -0.4 is 10.4 Å². The smallest absolute Gasteiger partial charge is 0.328 e. The Hall–Kier alpha value is -15.3. The number of benzene rings is 9. The Morgan fingerprint density at radius 2 is 0.933 bits per heavy atom. The Bertz CT molecular complexity index is 7090. The average Bonchev–Trinajstić information content (AvgIpc) is 1.61. The lowest BCUT2D eigenvalue weighted by Crippen LogP contribution is -2.35. The summed E-state index contributed by atoms with van der Waals surface area (Å²) in [5.41, 5.74) is 21.9. The maximum absolute atomic E-state index is 6.63. The molecule has 2 atom stereocenters. The van der Waals surface area contributed by atoms with Crippen LogP contribution in [0.15, 0.2) is 313 Å². The van der Waals surface area contributed by atoms with Gasteiger partial charge in [0.2, 0.25) is 53.0 Å². The number of aryl methyl sites for hydroxylation is 5. The van der Waals surface area contributed by atoms with Crippen LogP contribution in [0.2, 0.25) is 0 Å². The summed E-state index contributed by atoms with van der Waals surface area (Å²) in [5.74, 6) is 7.95. The zero-order chi connectivity index (χ0) is 94.3. The number of hydrogen-bond acceptors (Lipinski definition) is 22. The van der Waals surface area contributed by atoms with Gasteiger partial charge in [0.15, 0.2) is 0 Å². The minimum Gasteiger partial charge on any atom is -0.425 e. The number of rotatable bonds is 28. The first-order valence-corrected chi connectivity index (χ1v) is 45.8. The molecule has 27 nitrogen and oxygen atoms in total. The average molecular weight is 1800 g/mol. The molecule has 2 N–H and O–H groups in total. The predicted molar refractivity (Wildman–Crippen MR) is 521 cm³/mol. The summed E-state index contributed by atoms with van der Waals surface area (Å²) in [4.78, 5) is 9.15. The maximum atomic E-state index is 6.63. The van der Waals surface area contributed by atoms with Crippen molar-refractivity contribution in [3.63, 3.8) is 0 Å². The second-order valence-electron chi connectivity index (χ2n) is 37.1. The summed E-state index contributed by atoms with van der Waals surface area (Å²) >= 11 is 0. The zero-order valence-corrected chi connectivity index (χ0v) is 79.1. The third kappa shape index (κ3) is 22.9. The number of imidazole rings is 1. The van der Waals surface area contributed by atoms with Crippen molar-refractivity contribution < 1.29 is 26.8 Å². The van der Waals surface area contributed by atoms with E-state index in [4.69, 9.17) is 37.9 Å². The van der Waals surface area contributed by atoms with E-state index in [0.29, 0.717) is 84.7 Å². The van der Waals surface area contributed by atoms with Gasteiger partial charge in [-0.05, 0) is 131 Å². The third-order valence-electron chi connectivity index (χ3n) is 23.8. The molecular formula is C108H115N22O5+. The van der Waals surface area contributed by atoms with Crippen LogP contribution in [0, 0.1) is 20.8 Å². The van der Waals surface area contributed by atoms with Gasteiger partial charge in [0.1, 0.15) is 36.5 Å². The number of nitrogens with zero attached hydrogens (tertiary/aromatic N) is 21. The highest BCUT2D eigenvalue weighted by molar-refractivity contribution is 5.80. The van der Waals surface area contributed by atoms with Crippen molar-refractivity contribution in [3.05, 3.63) is 401 Å². The van der Waals surface area contributed by atoms with E-state index >= 15 is 0 Å². The molecule has 9 aromatic carbocycles. The molecule has 19 aromatic rings. The van der Waals surface area contributed by atoms with Crippen LogP contribution in [0.1, 0.15) is 197 Å². The van der Waals surface area contributed by atoms with Gasteiger partial charge in [-0.3, -0.25) is 9.36 Å². The largest absolute Gasteiger partial charge is 0.425 e. The lowest BCUT2D eigenvalue weighted by atomic mass is 9.86. The van der Waals surface area contributed by atoms with E-state index in [1.54, 1.807) is 4.68 Å². The molecule has 0 spiro atoms. The van der Waals surface area contributed by atoms with Crippen molar-refractivity contribution in [3.8, 4) is 28.4 Å². The first kappa shape index (κ1) is 93.0. The van der Waals surface area contributed by atoms with Crippen LogP contribution in [0.5, 0.6) is 0 Å². The summed E-state index contributed by atoms with van der Waals surface area (Å²) in [6.07, 6.45) is 14.4. The molecule has 11 heterocycles. The monoisotopic (exact) mass is 1800 g/mol. The van der Waals surface area contributed by atoms with Crippen molar-refractivity contribution >= 4 is 28.2 Å². The molecule has 686 valence electrons. The molecule has 27 heteroatoms. The maximum Gasteiger partial charge on any atom is 0.328 e. The van der Waals surface area contributed by atoms with Gasteiger partial charge >= 0.3 is 5.82 Å². The summed E-state index contributed by atoms with van der Waals surface area (Å²) in [6, 6.07) is 89.9. The third-order valence-corrected chi connectivity index (χ3v) is 23.8. The van der Waals surface area contributed by atoms with Crippen molar-refractivity contribution in [1.29, 1.82) is 0 Å². The molecule has 0 fully saturated rings. The van der Waals surface area contributed by atoms with Gasteiger partial charge in [0.05, 0.1) is 70.0 Å². The molecule has 0 amide bonds. The molecule has 135 heavy (non-hydrogen) atoms. The Balaban J connectivity index is 0.000000123. The fourth-order valence-corrected chi connectivity index (χ4v) is 16.7. The molecule has 1 unspecified atom stereocenters. The molecule has 0 saturated heterocycles. The summed E-state index contributed by atoms with van der Waals surface area (Å²) in [7, 11) is 0. The van der Waals surface area contributed by atoms with Crippen molar-refractivity contribution in [2.75, 3.05) is 0 Å². The first-order valence-electron chi connectivity index (χ1n) is 45.8. The van der Waals surface area contributed by atoms with E-state index in [9.17, 15) is 0 Å². The fourth-order valence-electron chi connectivity index (χ4n) is 16.7. The molecular weight excluding hydrogens is 1690 g/mol. The highest BCUT2D eigenvalue weighted by atomic mass is 16.4. The topological polar surface area (TPSA) is 321 Å². The van der Waals surface area contributed by atoms with Crippen LogP contribution in [-0.4, -0.2) is 101 Å². The minimum atomic E-state index is -0.803. The number of nitrogens with two attached hydrogens (primary N) is 1. The van der Waals surface area contributed by atoms with Crippen molar-refractivity contribution in [1.82, 2.24) is 94.9 Å². The Morgan fingerprint density at radius 1 is 0.459 bits per heavy atom. The Labute approximate surface area is 786 Å². The summed E-state index contributed by atoms with van der Waals surface area (Å²) in [5, 5.41) is 62.2. The van der Waals surface area contributed by atoms with E-state index in [1.807, 2.05) is 249 Å². The van der Waals surface area contributed by atoms with Crippen molar-refractivity contribution in [2.24, 2.45) is 10.8 Å². The van der Waals surface area contributed by atoms with Crippen LogP contribution in [-0.2, 0) is 98.1 Å².